The van der Waals surface area contributed by atoms with Crippen LogP contribution < -0.4 is 5.32 Å². The first-order valence-corrected chi connectivity index (χ1v) is 9.03. The first-order chi connectivity index (χ1) is 13.1. The van der Waals surface area contributed by atoms with Crippen molar-refractivity contribution < 1.29 is 0 Å². The van der Waals surface area contributed by atoms with E-state index in [1.165, 1.54) is 27.5 Å². The van der Waals surface area contributed by atoms with Crippen LogP contribution in [0.2, 0.25) is 0 Å². The van der Waals surface area contributed by atoms with Crippen LogP contribution >= 0.6 is 0 Å². The Labute approximate surface area is 158 Å². The SMILES string of the molecule is Cc1cc2ccc(CCNc3ncnc4ccc(C#N)cc34)cc2cc1C. The molecule has 0 aliphatic carbocycles. The lowest BCUT2D eigenvalue weighted by Crippen LogP contribution is -2.07. The van der Waals surface area contributed by atoms with E-state index in [9.17, 15) is 0 Å². The van der Waals surface area contributed by atoms with Gasteiger partial charge in [-0.15, -0.1) is 0 Å². The van der Waals surface area contributed by atoms with Crippen LogP contribution in [0, 0.1) is 25.2 Å². The fraction of sp³-hybridized carbons (Fsp3) is 0.174. The molecule has 0 atom stereocenters. The zero-order valence-corrected chi connectivity index (χ0v) is 15.5. The fourth-order valence-electron chi connectivity index (χ4n) is 3.32. The van der Waals surface area contributed by atoms with Gasteiger partial charge in [-0.2, -0.15) is 5.26 Å². The third kappa shape index (κ3) is 3.45. The molecule has 4 heteroatoms. The number of anilines is 1. The molecular formula is C23H20N4. The van der Waals surface area contributed by atoms with Crippen molar-refractivity contribution in [2.24, 2.45) is 0 Å². The van der Waals surface area contributed by atoms with Crippen molar-refractivity contribution in [1.29, 1.82) is 5.26 Å². The molecule has 0 saturated carbocycles. The molecule has 0 fully saturated rings. The Morgan fingerprint density at radius 3 is 2.56 bits per heavy atom. The van der Waals surface area contributed by atoms with Crippen molar-refractivity contribution in [3.63, 3.8) is 0 Å². The predicted molar refractivity (Wildman–Crippen MR) is 110 cm³/mol. The van der Waals surface area contributed by atoms with Gasteiger partial charge in [-0.05, 0) is 65.9 Å². The second-order valence-electron chi connectivity index (χ2n) is 6.86. The molecule has 0 radical (unpaired) electrons. The highest BCUT2D eigenvalue weighted by Gasteiger charge is 2.05. The van der Waals surface area contributed by atoms with Gasteiger partial charge >= 0.3 is 0 Å². The topological polar surface area (TPSA) is 61.6 Å². The molecule has 0 amide bonds. The summed E-state index contributed by atoms with van der Waals surface area (Å²) in [5.41, 5.74) is 5.38. The molecule has 1 N–H and O–H groups in total. The van der Waals surface area contributed by atoms with Crippen LogP contribution in [0.25, 0.3) is 21.7 Å². The molecule has 1 aromatic heterocycles. The van der Waals surface area contributed by atoms with Gasteiger partial charge in [-0.25, -0.2) is 9.97 Å². The molecule has 0 spiro atoms. The summed E-state index contributed by atoms with van der Waals surface area (Å²) in [7, 11) is 0. The predicted octanol–water partition coefficient (Wildman–Crippen LogP) is 4.93. The van der Waals surface area contributed by atoms with Gasteiger partial charge in [0.1, 0.15) is 12.1 Å². The van der Waals surface area contributed by atoms with Gasteiger partial charge in [0.05, 0.1) is 17.1 Å². The van der Waals surface area contributed by atoms with Crippen molar-refractivity contribution in [2.75, 3.05) is 11.9 Å². The van der Waals surface area contributed by atoms with E-state index in [0.29, 0.717) is 5.56 Å². The second-order valence-corrected chi connectivity index (χ2v) is 6.86. The van der Waals surface area contributed by atoms with Crippen LogP contribution in [0.15, 0.2) is 54.9 Å². The molecule has 132 valence electrons. The van der Waals surface area contributed by atoms with Gasteiger partial charge in [0.2, 0.25) is 0 Å². The van der Waals surface area contributed by atoms with E-state index in [1.54, 1.807) is 12.4 Å². The molecule has 1 heterocycles. The number of nitriles is 1. The Balaban J connectivity index is 1.53. The normalized spacial score (nSPS) is 10.9. The maximum absolute atomic E-state index is 9.12. The highest BCUT2D eigenvalue weighted by atomic mass is 15.0. The maximum Gasteiger partial charge on any atom is 0.137 e. The molecule has 0 aliphatic rings. The lowest BCUT2D eigenvalue weighted by Gasteiger charge is -2.10. The van der Waals surface area contributed by atoms with Gasteiger partial charge in [0, 0.05) is 11.9 Å². The van der Waals surface area contributed by atoms with E-state index >= 15 is 0 Å². The zero-order chi connectivity index (χ0) is 18.8. The molecule has 3 aromatic carbocycles. The van der Waals surface area contributed by atoms with Crippen LogP contribution in [0.4, 0.5) is 5.82 Å². The number of nitrogens with one attached hydrogen (secondary N) is 1. The third-order valence-corrected chi connectivity index (χ3v) is 4.99. The lowest BCUT2D eigenvalue weighted by atomic mass is 10.00. The van der Waals surface area contributed by atoms with Crippen LogP contribution in [0.5, 0.6) is 0 Å². The highest BCUT2D eigenvalue weighted by Crippen LogP contribution is 2.22. The number of nitrogens with zero attached hydrogens (tertiary/aromatic N) is 3. The van der Waals surface area contributed by atoms with Gasteiger partial charge in [-0.1, -0.05) is 30.3 Å². The molecule has 27 heavy (non-hydrogen) atoms. The lowest BCUT2D eigenvalue weighted by molar-refractivity contribution is 1.01. The Kier molecular flexibility index (Phi) is 4.43. The van der Waals surface area contributed by atoms with E-state index in [-0.39, 0.29) is 0 Å². The van der Waals surface area contributed by atoms with Crippen LogP contribution in [0.3, 0.4) is 0 Å². The molecule has 0 aliphatic heterocycles. The Morgan fingerprint density at radius 2 is 1.74 bits per heavy atom. The number of aromatic nitrogens is 2. The number of aryl methyl sites for hydroxylation is 2. The average Bonchev–Trinajstić information content (AvgIpc) is 2.69. The van der Waals surface area contributed by atoms with Crippen LogP contribution in [-0.2, 0) is 6.42 Å². The van der Waals surface area contributed by atoms with Crippen molar-refractivity contribution >= 4 is 27.5 Å². The van der Waals surface area contributed by atoms with Gasteiger partial charge in [0.25, 0.3) is 0 Å². The summed E-state index contributed by atoms with van der Waals surface area (Å²) in [6.07, 6.45) is 2.45. The van der Waals surface area contributed by atoms with Crippen LogP contribution in [0.1, 0.15) is 22.3 Å². The number of hydrogen-bond donors (Lipinski definition) is 1. The van der Waals surface area contributed by atoms with Crippen molar-refractivity contribution in [2.45, 2.75) is 20.3 Å². The van der Waals surface area contributed by atoms with E-state index in [1.807, 2.05) is 12.1 Å². The molecule has 4 nitrogen and oxygen atoms in total. The Hall–Kier alpha value is -3.45. The van der Waals surface area contributed by atoms with E-state index in [4.69, 9.17) is 5.26 Å². The molecule has 0 bridgehead atoms. The highest BCUT2D eigenvalue weighted by molar-refractivity contribution is 5.90. The Morgan fingerprint density at radius 1 is 0.926 bits per heavy atom. The summed E-state index contributed by atoms with van der Waals surface area (Å²) in [5, 5.41) is 16.0. The third-order valence-electron chi connectivity index (χ3n) is 4.99. The molecule has 4 rings (SSSR count). The number of benzene rings is 3. The van der Waals surface area contributed by atoms with Gasteiger partial charge in [0.15, 0.2) is 0 Å². The van der Waals surface area contributed by atoms with Crippen LogP contribution in [-0.4, -0.2) is 16.5 Å². The van der Waals surface area contributed by atoms with Crippen molar-refractivity contribution in [3.05, 3.63) is 77.1 Å². The van der Waals surface area contributed by atoms with Crippen molar-refractivity contribution in [3.8, 4) is 6.07 Å². The minimum Gasteiger partial charge on any atom is -0.369 e. The quantitative estimate of drug-likeness (QED) is 0.566. The van der Waals surface area contributed by atoms with Crippen molar-refractivity contribution in [1.82, 2.24) is 9.97 Å². The first-order valence-electron chi connectivity index (χ1n) is 9.03. The minimum absolute atomic E-state index is 0.612. The summed E-state index contributed by atoms with van der Waals surface area (Å²) in [6, 6.07) is 18.8. The molecule has 0 saturated heterocycles. The monoisotopic (exact) mass is 352 g/mol. The Bertz CT molecular complexity index is 1190. The smallest absolute Gasteiger partial charge is 0.137 e. The minimum atomic E-state index is 0.612. The fourth-order valence-corrected chi connectivity index (χ4v) is 3.32. The molecular weight excluding hydrogens is 332 g/mol. The molecule has 0 unspecified atom stereocenters. The summed E-state index contributed by atoms with van der Waals surface area (Å²) < 4.78 is 0. The van der Waals surface area contributed by atoms with Gasteiger partial charge < -0.3 is 5.32 Å². The largest absolute Gasteiger partial charge is 0.369 e. The zero-order valence-electron chi connectivity index (χ0n) is 15.5. The number of rotatable bonds is 4. The average molecular weight is 352 g/mol. The van der Waals surface area contributed by atoms with E-state index in [2.05, 4.69) is 65.5 Å². The summed E-state index contributed by atoms with van der Waals surface area (Å²) in [5.74, 6) is 0.768. The maximum atomic E-state index is 9.12. The van der Waals surface area contributed by atoms with E-state index < -0.39 is 0 Å². The summed E-state index contributed by atoms with van der Waals surface area (Å²) in [4.78, 5) is 8.63. The van der Waals surface area contributed by atoms with E-state index in [0.717, 1.165) is 29.7 Å². The summed E-state index contributed by atoms with van der Waals surface area (Å²) in [6.45, 7) is 5.06. The standard InChI is InChI=1S/C23H20N4/c1-15-9-19-5-3-17(11-20(19)10-16(15)2)7-8-25-23-21-12-18(13-24)4-6-22(21)26-14-27-23/h3-6,9-12,14H,7-8H2,1-2H3,(H,25,26,27). The molecule has 4 aromatic rings. The second kappa shape index (κ2) is 7.05. The summed E-state index contributed by atoms with van der Waals surface area (Å²) >= 11 is 0. The van der Waals surface area contributed by atoms with Gasteiger partial charge in [-0.3, -0.25) is 0 Å². The number of hydrogen-bond acceptors (Lipinski definition) is 4. The first kappa shape index (κ1) is 17.0. The number of fused-ring (bicyclic) bond motifs is 2.